The molecule has 9 nitrogen and oxygen atoms in total. The second-order valence-corrected chi connectivity index (χ2v) is 8.10. The van der Waals surface area contributed by atoms with Crippen LogP contribution in [0.3, 0.4) is 0 Å². The van der Waals surface area contributed by atoms with Gasteiger partial charge in [0.15, 0.2) is 0 Å². The molecule has 3 aliphatic rings. The van der Waals surface area contributed by atoms with Crippen molar-refractivity contribution in [3.05, 3.63) is 53.1 Å². The maximum Gasteiger partial charge on any atom is 0.255 e. The maximum absolute atomic E-state index is 12.8. The molecule has 4 heterocycles. The van der Waals surface area contributed by atoms with Gasteiger partial charge >= 0.3 is 0 Å². The molecule has 2 atom stereocenters. The Labute approximate surface area is 173 Å². The molecular weight excluding hydrogens is 384 g/mol. The van der Waals surface area contributed by atoms with Gasteiger partial charge in [0.05, 0.1) is 6.54 Å². The first-order valence-electron chi connectivity index (χ1n) is 10.3. The van der Waals surface area contributed by atoms with Crippen LogP contribution in [0.1, 0.15) is 40.2 Å². The lowest BCUT2D eigenvalue weighted by atomic mass is 10.0. The van der Waals surface area contributed by atoms with E-state index in [1.807, 2.05) is 30.6 Å². The van der Waals surface area contributed by atoms with Crippen LogP contribution in [0.25, 0.3) is 0 Å². The smallest absolute Gasteiger partial charge is 0.255 e. The molecule has 156 valence electrons. The highest BCUT2D eigenvalue weighted by atomic mass is 16.2. The largest absolute Gasteiger partial charge is 0.332 e. The molecule has 0 aliphatic carbocycles. The zero-order chi connectivity index (χ0) is 20.7. The van der Waals surface area contributed by atoms with Crippen molar-refractivity contribution in [1.29, 1.82) is 0 Å². The molecule has 5 rings (SSSR count). The molecule has 0 saturated carbocycles. The van der Waals surface area contributed by atoms with E-state index >= 15 is 0 Å². The number of aromatic nitrogens is 2. The van der Waals surface area contributed by atoms with Crippen molar-refractivity contribution in [2.24, 2.45) is 0 Å². The molecule has 0 radical (unpaired) electrons. The van der Waals surface area contributed by atoms with Crippen LogP contribution in [0.2, 0.25) is 0 Å². The normalized spacial score (nSPS) is 23.7. The van der Waals surface area contributed by atoms with Gasteiger partial charge in [-0.1, -0.05) is 12.1 Å². The number of piperidine rings is 1. The lowest BCUT2D eigenvalue weighted by Crippen LogP contribution is -2.52. The number of hydrogen-bond donors (Lipinski definition) is 3. The van der Waals surface area contributed by atoms with E-state index in [0.29, 0.717) is 25.1 Å². The molecule has 0 spiro atoms. The number of carbonyl (C=O) groups is 3. The van der Waals surface area contributed by atoms with Crippen LogP contribution in [0.5, 0.6) is 0 Å². The molecule has 30 heavy (non-hydrogen) atoms. The van der Waals surface area contributed by atoms with Crippen molar-refractivity contribution in [3.63, 3.8) is 0 Å². The second-order valence-electron chi connectivity index (χ2n) is 8.10. The molecular formula is C21H24N6O3. The standard InChI is InChI=1S/C21H24N6O3/c28-19-4-3-17(20(29)25-19)27-11-14-7-13(1-2-16(14)21(27)30)8-24-15-9-22-10-18-23-5-6-26(18)12-15/h1-2,5-7,15,17,22,24H,3-4,8-12H2,(H,25,28,29). The van der Waals surface area contributed by atoms with Gasteiger partial charge in [-0.05, 0) is 23.6 Å². The van der Waals surface area contributed by atoms with E-state index < -0.39 is 6.04 Å². The van der Waals surface area contributed by atoms with Crippen LogP contribution in [0.15, 0.2) is 30.6 Å². The van der Waals surface area contributed by atoms with E-state index in [9.17, 15) is 14.4 Å². The molecule has 2 unspecified atom stereocenters. The molecule has 3 N–H and O–H groups in total. The molecule has 0 bridgehead atoms. The third-order valence-corrected chi connectivity index (χ3v) is 6.08. The fraction of sp³-hybridized carbons (Fsp3) is 0.429. The Kier molecular flexibility index (Phi) is 4.84. The minimum atomic E-state index is -0.578. The molecule has 1 aromatic heterocycles. The van der Waals surface area contributed by atoms with Gasteiger partial charge in [-0.2, -0.15) is 0 Å². The topological polar surface area (TPSA) is 108 Å². The number of nitrogens with one attached hydrogen (secondary N) is 3. The lowest BCUT2D eigenvalue weighted by Gasteiger charge is -2.29. The summed E-state index contributed by atoms with van der Waals surface area (Å²) < 4.78 is 2.16. The number of carbonyl (C=O) groups excluding carboxylic acids is 3. The summed E-state index contributed by atoms with van der Waals surface area (Å²) in [4.78, 5) is 42.3. The van der Waals surface area contributed by atoms with Crippen molar-refractivity contribution in [1.82, 2.24) is 30.4 Å². The molecule has 1 aromatic carbocycles. The number of nitrogens with zero attached hydrogens (tertiary/aromatic N) is 3. The Bertz CT molecular complexity index is 1020. The Morgan fingerprint density at radius 2 is 2.13 bits per heavy atom. The van der Waals surface area contributed by atoms with Crippen LogP contribution in [-0.4, -0.2) is 50.8 Å². The summed E-state index contributed by atoms with van der Waals surface area (Å²) in [5.41, 5.74) is 2.67. The maximum atomic E-state index is 12.8. The highest BCUT2D eigenvalue weighted by Crippen LogP contribution is 2.28. The van der Waals surface area contributed by atoms with Crippen molar-refractivity contribution in [2.45, 2.75) is 51.1 Å². The summed E-state index contributed by atoms with van der Waals surface area (Å²) in [5, 5.41) is 9.34. The van der Waals surface area contributed by atoms with Gasteiger partial charge in [0.25, 0.3) is 5.91 Å². The molecule has 3 amide bonds. The number of rotatable bonds is 4. The Morgan fingerprint density at radius 1 is 1.23 bits per heavy atom. The van der Waals surface area contributed by atoms with Gasteiger partial charge in [0, 0.05) is 56.6 Å². The van der Waals surface area contributed by atoms with Crippen LogP contribution < -0.4 is 16.0 Å². The highest BCUT2D eigenvalue weighted by Gasteiger charge is 2.39. The number of fused-ring (bicyclic) bond motifs is 2. The molecule has 1 saturated heterocycles. The molecule has 2 aromatic rings. The van der Waals surface area contributed by atoms with E-state index in [1.165, 1.54) is 0 Å². The number of hydrogen-bond acceptors (Lipinski definition) is 6. The minimum Gasteiger partial charge on any atom is -0.332 e. The van der Waals surface area contributed by atoms with E-state index in [4.69, 9.17) is 0 Å². The lowest BCUT2D eigenvalue weighted by molar-refractivity contribution is -0.136. The highest BCUT2D eigenvalue weighted by molar-refractivity contribution is 6.05. The Hall–Kier alpha value is -3.04. The summed E-state index contributed by atoms with van der Waals surface area (Å²) >= 11 is 0. The van der Waals surface area contributed by atoms with Crippen LogP contribution in [-0.2, 0) is 35.8 Å². The number of imide groups is 1. The predicted octanol–water partition coefficient (Wildman–Crippen LogP) is -0.0943. The van der Waals surface area contributed by atoms with E-state index in [-0.39, 0.29) is 30.2 Å². The number of amides is 3. The van der Waals surface area contributed by atoms with Gasteiger partial charge in [0.2, 0.25) is 11.8 Å². The summed E-state index contributed by atoms with van der Waals surface area (Å²) in [6, 6.07) is 5.55. The average molecular weight is 408 g/mol. The zero-order valence-electron chi connectivity index (χ0n) is 16.6. The fourth-order valence-corrected chi connectivity index (χ4v) is 4.47. The van der Waals surface area contributed by atoms with Gasteiger partial charge in [0.1, 0.15) is 11.9 Å². The summed E-state index contributed by atoms with van der Waals surface area (Å²) in [7, 11) is 0. The van der Waals surface area contributed by atoms with Gasteiger partial charge < -0.3 is 20.1 Å². The minimum absolute atomic E-state index is 0.139. The number of benzene rings is 1. The monoisotopic (exact) mass is 408 g/mol. The zero-order valence-corrected chi connectivity index (χ0v) is 16.6. The molecule has 9 heteroatoms. The second kappa shape index (κ2) is 7.66. The summed E-state index contributed by atoms with van der Waals surface area (Å²) in [6.07, 6.45) is 4.47. The summed E-state index contributed by atoms with van der Waals surface area (Å²) in [5.74, 6) is 0.252. The first-order chi connectivity index (χ1) is 14.6. The van der Waals surface area contributed by atoms with Crippen molar-refractivity contribution >= 4 is 17.7 Å². The van der Waals surface area contributed by atoms with Crippen molar-refractivity contribution in [3.8, 4) is 0 Å². The van der Waals surface area contributed by atoms with Crippen LogP contribution in [0, 0.1) is 0 Å². The predicted molar refractivity (Wildman–Crippen MR) is 107 cm³/mol. The summed E-state index contributed by atoms with van der Waals surface area (Å²) in [6.45, 7) is 3.57. The Balaban J connectivity index is 1.24. The third kappa shape index (κ3) is 3.50. The molecule has 1 fully saturated rings. The number of imidazole rings is 1. The van der Waals surface area contributed by atoms with Gasteiger partial charge in [-0.15, -0.1) is 0 Å². The third-order valence-electron chi connectivity index (χ3n) is 6.08. The fourth-order valence-electron chi connectivity index (χ4n) is 4.47. The van der Waals surface area contributed by atoms with Gasteiger partial charge in [-0.3, -0.25) is 19.7 Å². The van der Waals surface area contributed by atoms with Gasteiger partial charge in [-0.25, -0.2) is 4.98 Å². The van der Waals surface area contributed by atoms with Crippen LogP contribution >= 0.6 is 0 Å². The van der Waals surface area contributed by atoms with E-state index in [1.54, 1.807) is 4.90 Å². The first-order valence-corrected chi connectivity index (χ1v) is 10.3. The molecule has 3 aliphatic heterocycles. The van der Waals surface area contributed by atoms with Crippen molar-refractivity contribution in [2.75, 3.05) is 6.54 Å². The first kappa shape index (κ1) is 19.0. The van der Waals surface area contributed by atoms with Crippen molar-refractivity contribution < 1.29 is 14.4 Å². The van der Waals surface area contributed by atoms with E-state index in [0.717, 1.165) is 36.6 Å². The average Bonchev–Trinajstić information content (AvgIpc) is 3.24. The van der Waals surface area contributed by atoms with E-state index in [2.05, 4.69) is 25.5 Å². The van der Waals surface area contributed by atoms with Crippen LogP contribution in [0.4, 0.5) is 0 Å². The quantitative estimate of drug-likeness (QED) is 0.610. The Morgan fingerprint density at radius 3 is 3.00 bits per heavy atom. The SMILES string of the molecule is O=C1CCC(N2Cc3cc(CNC4CNCc5nccn5C4)ccc3C2=O)C(=O)N1.